The van der Waals surface area contributed by atoms with Gasteiger partial charge in [-0.25, -0.2) is 4.98 Å². The fourth-order valence-electron chi connectivity index (χ4n) is 1.23. The fraction of sp³-hybridized carbons (Fsp3) is 0.444. The Hall–Kier alpha value is -1.20. The average Bonchev–Trinajstić information content (AvgIpc) is 2.75. The molecule has 1 rings (SSSR count). The molecule has 0 spiro atoms. The van der Waals surface area contributed by atoms with Crippen LogP contribution in [0, 0.1) is 0 Å². The predicted molar refractivity (Wildman–Crippen MR) is 68.1 cm³/mol. The van der Waals surface area contributed by atoms with Crippen molar-refractivity contribution in [1.82, 2.24) is 15.3 Å². The molecule has 0 aliphatic carbocycles. The highest BCUT2D eigenvalue weighted by molar-refractivity contribution is 7.94. The van der Waals surface area contributed by atoms with Gasteiger partial charge in [0.05, 0.1) is 18.6 Å². The first-order chi connectivity index (χ1) is 8.00. The first-order valence-corrected chi connectivity index (χ1v) is 7.38. The molecule has 8 heteroatoms. The third-order valence-electron chi connectivity index (χ3n) is 2.26. The maximum Gasteiger partial charge on any atom is 0.321 e. The number of H-pyrrole nitrogens is 1. The molecule has 0 saturated heterocycles. The normalized spacial score (nSPS) is 14.2. The van der Waals surface area contributed by atoms with E-state index in [-0.39, 0.29) is 18.5 Å². The molecule has 1 aromatic heterocycles. The summed E-state index contributed by atoms with van der Waals surface area (Å²) in [6, 6.07) is -0.780. The fourth-order valence-corrected chi connectivity index (χ4v) is 1.63. The quantitative estimate of drug-likeness (QED) is 0.437. The Morgan fingerprint density at radius 2 is 2.41 bits per heavy atom. The van der Waals surface area contributed by atoms with Crippen LogP contribution in [0.2, 0.25) is 0 Å². The molecule has 0 saturated carbocycles. The van der Waals surface area contributed by atoms with Gasteiger partial charge in [0, 0.05) is 12.6 Å². The van der Waals surface area contributed by atoms with Crippen LogP contribution in [-0.4, -0.2) is 53.4 Å². The second kappa shape index (κ2) is 6.52. The number of imidazole rings is 1. The van der Waals surface area contributed by atoms with E-state index in [1.807, 2.05) is 14.2 Å². The highest BCUT2D eigenvalue weighted by atomic mass is 31.1. The third-order valence-corrected chi connectivity index (χ3v) is 3.42. The van der Waals surface area contributed by atoms with Gasteiger partial charge < -0.3 is 10.1 Å². The van der Waals surface area contributed by atoms with Crippen molar-refractivity contribution < 1.29 is 14.7 Å². The lowest BCUT2D eigenvalue weighted by Crippen LogP contribution is -2.41. The molecule has 0 fully saturated rings. The third kappa shape index (κ3) is 4.67. The molecule has 3 N–H and O–H groups in total. The lowest BCUT2D eigenvalue weighted by molar-refractivity contribution is -0.139. The van der Waals surface area contributed by atoms with E-state index in [1.54, 1.807) is 6.20 Å². The molecule has 2 atom stereocenters. The highest BCUT2D eigenvalue weighted by Crippen LogP contribution is 2.22. The SMILES string of the molecule is BP(C)C(=O)CN[C@@H](Cc1c[nH]cn1)C(=O)O. The first-order valence-electron chi connectivity index (χ1n) is 5.14. The van der Waals surface area contributed by atoms with Gasteiger partial charge in [0.25, 0.3) is 0 Å². The summed E-state index contributed by atoms with van der Waals surface area (Å²) in [5.41, 5.74) is 0.723. The number of rotatable bonds is 7. The number of aliphatic carboxylic acids is 1. The van der Waals surface area contributed by atoms with E-state index in [9.17, 15) is 9.59 Å². The monoisotopic (exact) mass is 255 g/mol. The maximum absolute atomic E-state index is 11.4. The molecule has 0 bridgehead atoms. The Morgan fingerprint density at radius 1 is 1.71 bits per heavy atom. The van der Waals surface area contributed by atoms with Gasteiger partial charge in [-0.3, -0.25) is 14.9 Å². The number of carboxylic acid groups (broad SMARTS) is 1. The summed E-state index contributed by atoms with van der Waals surface area (Å²) in [5, 5.41) is 11.8. The zero-order chi connectivity index (χ0) is 12.8. The number of nitrogens with zero attached hydrogens (tertiary/aromatic N) is 1. The van der Waals surface area contributed by atoms with E-state index in [4.69, 9.17) is 5.11 Å². The molecule has 0 aromatic carbocycles. The summed E-state index contributed by atoms with van der Waals surface area (Å²) in [6.45, 7) is 1.95. The van der Waals surface area contributed by atoms with Crippen LogP contribution in [0.3, 0.4) is 0 Å². The molecule has 0 amide bonds. The van der Waals surface area contributed by atoms with Crippen molar-refractivity contribution in [2.24, 2.45) is 0 Å². The van der Waals surface area contributed by atoms with E-state index >= 15 is 0 Å². The molecule has 1 aromatic rings. The van der Waals surface area contributed by atoms with Crippen LogP contribution in [0.15, 0.2) is 12.5 Å². The zero-order valence-corrected chi connectivity index (χ0v) is 10.7. The van der Waals surface area contributed by atoms with Gasteiger partial charge in [-0.1, -0.05) is 7.80 Å². The Morgan fingerprint density at radius 3 is 2.88 bits per heavy atom. The summed E-state index contributed by atoms with van der Waals surface area (Å²) < 4.78 is 0. The van der Waals surface area contributed by atoms with E-state index < -0.39 is 19.8 Å². The Kier molecular flexibility index (Phi) is 5.32. The molecular formula is C9H15BN3O3P. The minimum atomic E-state index is -0.975. The number of carbonyl (C=O) groups excluding carboxylic acids is 1. The van der Waals surface area contributed by atoms with Gasteiger partial charge in [0.15, 0.2) is 5.52 Å². The molecule has 0 radical (unpaired) electrons. The van der Waals surface area contributed by atoms with Crippen molar-refractivity contribution in [3.8, 4) is 0 Å². The highest BCUT2D eigenvalue weighted by Gasteiger charge is 2.19. The Bertz CT molecular complexity index is 383. The summed E-state index contributed by atoms with van der Waals surface area (Å²) in [6.07, 6.45) is 3.40. The van der Waals surface area contributed by atoms with Gasteiger partial charge in [-0.15, -0.1) is 0 Å². The number of aromatic nitrogens is 2. The van der Waals surface area contributed by atoms with Crippen molar-refractivity contribution in [1.29, 1.82) is 0 Å². The van der Waals surface area contributed by atoms with Crippen LogP contribution in [0.4, 0.5) is 0 Å². The van der Waals surface area contributed by atoms with Crippen molar-refractivity contribution in [2.75, 3.05) is 13.2 Å². The lowest BCUT2D eigenvalue weighted by atomic mass is 10.1. The molecule has 92 valence electrons. The van der Waals surface area contributed by atoms with Gasteiger partial charge in [0.2, 0.25) is 0 Å². The van der Waals surface area contributed by atoms with E-state index in [2.05, 4.69) is 15.3 Å². The summed E-state index contributed by atoms with van der Waals surface area (Å²) in [4.78, 5) is 29.1. The topological polar surface area (TPSA) is 95.1 Å². The molecule has 0 aliphatic rings. The Balaban J connectivity index is 2.50. The van der Waals surface area contributed by atoms with Crippen molar-refractivity contribution in [2.45, 2.75) is 12.5 Å². The predicted octanol–water partition coefficient (Wildman–Crippen LogP) is -0.819. The van der Waals surface area contributed by atoms with Gasteiger partial charge in [-0.2, -0.15) is 0 Å². The van der Waals surface area contributed by atoms with Crippen molar-refractivity contribution in [3.05, 3.63) is 18.2 Å². The second-order valence-electron chi connectivity index (χ2n) is 3.82. The number of aromatic amines is 1. The van der Waals surface area contributed by atoms with Crippen LogP contribution in [0.5, 0.6) is 0 Å². The lowest BCUT2D eigenvalue weighted by Gasteiger charge is -2.13. The number of hydrogen-bond donors (Lipinski definition) is 3. The van der Waals surface area contributed by atoms with E-state index in [0.29, 0.717) is 5.69 Å². The van der Waals surface area contributed by atoms with E-state index in [0.717, 1.165) is 0 Å². The summed E-state index contributed by atoms with van der Waals surface area (Å²) in [5.74, 6) is -0.975. The molecule has 1 heterocycles. The minimum Gasteiger partial charge on any atom is -0.480 e. The van der Waals surface area contributed by atoms with Crippen molar-refractivity contribution in [3.63, 3.8) is 0 Å². The van der Waals surface area contributed by atoms with Crippen LogP contribution < -0.4 is 5.32 Å². The molecule has 6 nitrogen and oxygen atoms in total. The van der Waals surface area contributed by atoms with Gasteiger partial charge >= 0.3 is 5.97 Å². The zero-order valence-electron chi connectivity index (χ0n) is 9.80. The van der Waals surface area contributed by atoms with Crippen LogP contribution >= 0.6 is 7.80 Å². The number of nitrogens with one attached hydrogen (secondary N) is 2. The molecule has 1 unspecified atom stereocenters. The Labute approximate surface area is 101 Å². The van der Waals surface area contributed by atoms with Crippen LogP contribution in [0.25, 0.3) is 0 Å². The number of carboxylic acids is 1. The number of carbonyl (C=O) groups is 2. The summed E-state index contributed by atoms with van der Waals surface area (Å²) >= 11 is 0. The minimum absolute atomic E-state index is 0.0632. The molecular weight excluding hydrogens is 240 g/mol. The smallest absolute Gasteiger partial charge is 0.321 e. The van der Waals surface area contributed by atoms with Crippen LogP contribution in [-0.2, 0) is 16.0 Å². The van der Waals surface area contributed by atoms with E-state index in [1.165, 1.54) is 6.33 Å². The maximum atomic E-state index is 11.4. The summed E-state index contributed by atoms with van der Waals surface area (Å²) in [7, 11) is 1.17. The number of hydrogen-bond acceptors (Lipinski definition) is 4. The van der Waals surface area contributed by atoms with Crippen LogP contribution in [0.1, 0.15) is 5.69 Å². The largest absolute Gasteiger partial charge is 0.480 e. The van der Waals surface area contributed by atoms with Crippen molar-refractivity contribution >= 4 is 26.9 Å². The van der Waals surface area contributed by atoms with Gasteiger partial charge in [-0.05, 0) is 6.66 Å². The first kappa shape index (κ1) is 13.9. The molecule has 0 aliphatic heterocycles. The average molecular weight is 255 g/mol. The standard InChI is InChI=1S/C9H15BN3O3P/c1-17(10)8(14)4-12-7(9(15)16)2-6-3-11-5-13-6/h3,5,7,12H,2,4,10H2,1H3,(H,11,13)(H,15,16)/t7-,17?/m0/s1. The molecule has 17 heavy (non-hydrogen) atoms. The van der Waals surface area contributed by atoms with Gasteiger partial charge in [0.1, 0.15) is 13.6 Å². The second-order valence-corrected chi connectivity index (χ2v) is 6.11.